The second-order valence-corrected chi connectivity index (χ2v) is 11.1. The summed E-state index contributed by atoms with van der Waals surface area (Å²) in [7, 11) is -3.80. The normalized spacial score (nSPS) is 21.7. The lowest BCUT2D eigenvalue weighted by Crippen LogP contribution is -3.03. The van der Waals surface area contributed by atoms with Gasteiger partial charge in [0, 0.05) is 29.7 Å². The van der Waals surface area contributed by atoms with E-state index in [2.05, 4.69) is 5.32 Å². The fraction of sp³-hybridized carbons (Fsp3) is 0.250. The van der Waals surface area contributed by atoms with E-state index >= 15 is 0 Å². The summed E-state index contributed by atoms with van der Waals surface area (Å²) in [6, 6.07) is 23.3. The van der Waals surface area contributed by atoms with Crippen molar-refractivity contribution < 1.29 is 22.6 Å². The highest BCUT2D eigenvalue weighted by Gasteiger charge is 2.37. The number of fused-ring (bicyclic) bond motifs is 1. The van der Waals surface area contributed by atoms with Crippen LogP contribution in [0.2, 0.25) is 0 Å². The molecule has 3 aromatic rings. The van der Waals surface area contributed by atoms with Gasteiger partial charge in [-0.05, 0) is 48.7 Å². The number of aliphatic hydroxyl groups is 1. The number of carbonyl (C=O) groups excluding carboxylic acids is 1. The molecule has 1 saturated carbocycles. The number of amides is 1. The van der Waals surface area contributed by atoms with Gasteiger partial charge in [0.05, 0.1) is 11.7 Å². The quantitative estimate of drug-likeness (QED) is 0.496. The van der Waals surface area contributed by atoms with E-state index in [1.165, 1.54) is 12.1 Å². The van der Waals surface area contributed by atoms with Crippen molar-refractivity contribution in [2.75, 3.05) is 6.54 Å². The highest BCUT2D eigenvalue weighted by Crippen LogP contribution is 2.31. The van der Waals surface area contributed by atoms with Gasteiger partial charge in [0.1, 0.15) is 11.1 Å². The van der Waals surface area contributed by atoms with E-state index in [1.54, 1.807) is 18.3 Å². The van der Waals surface area contributed by atoms with Crippen LogP contribution in [0.5, 0.6) is 0 Å². The molecule has 0 radical (unpaired) electrons. The molecular formula is C28H29N2O4S+. The summed E-state index contributed by atoms with van der Waals surface area (Å²) >= 11 is 0. The number of aliphatic hydroxyl groups excluding tert-OH is 1. The minimum absolute atomic E-state index is 0.0665. The molecule has 1 fully saturated rings. The standard InChI is InChI=1S/C28H28N2O4S/c31-27-13-7-4-10-22(27)18-29-28(32)21-14-16-23(17-15-21)35(33,34)30-19-25(20-8-2-1-3-9-20)24-11-5-6-12-26(24)30/h1-3,5-6,8-9,11-12,14-17,19,22,27,31H,4,7,10,13,18H2,(H,29,32)/p+1. The molecule has 0 bridgehead atoms. The van der Waals surface area contributed by atoms with Crippen LogP contribution in [0.4, 0.5) is 5.69 Å². The van der Waals surface area contributed by atoms with E-state index in [0.29, 0.717) is 17.8 Å². The van der Waals surface area contributed by atoms with E-state index < -0.39 is 10.0 Å². The Kier molecular flexibility index (Phi) is 6.56. The number of quaternary nitrogens is 1. The second kappa shape index (κ2) is 9.77. The summed E-state index contributed by atoms with van der Waals surface area (Å²) in [6.45, 7) is 0.418. The first-order valence-electron chi connectivity index (χ1n) is 12.0. The van der Waals surface area contributed by atoms with Crippen molar-refractivity contribution in [2.24, 2.45) is 5.92 Å². The summed E-state index contributed by atoms with van der Waals surface area (Å²) in [5, 5.41) is 13.0. The summed E-state index contributed by atoms with van der Waals surface area (Å²) in [4.78, 5) is 12.8. The van der Waals surface area contributed by atoms with Crippen molar-refractivity contribution in [3.05, 3.63) is 102 Å². The lowest BCUT2D eigenvalue weighted by atomic mass is 9.86. The van der Waals surface area contributed by atoms with E-state index in [-0.39, 0.29) is 27.1 Å². The molecule has 3 aromatic carbocycles. The molecule has 180 valence electrons. The maximum Gasteiger partial charge on any atom is 0.334 e. The first-order valence-corrected chi connectivity index (χ1v) is 13.5. The number of carbonyl (C=O) groups is 1. The van der Waals surface area contributed by atoms with E-state index in [1.807, 2.05) is 54.6 Å². The van der Waals surface area contributed by atoms with E-state index in [9.17, 15) is 18.3 Å². The van der Waals surface area contributed by atoms with Gasteiger partial charge < -0.3 is 10.4 Å². The van der Waals surface area contributed by atoms with Crippen molar-refractivity contribution in [1.29, 1.82) is 0 Å². The molecule has 3 N–H and O–H groups in total. The molecule has 1 aliphatic carbocycles. The lowest BCUT2D eigenvalue weighted by Gasteiger charge is -2.27. The highest BCUT2D eigenvalue weighted by molar-refractivity contribution is 7.85. The van der Waals surface area contributed by atoms with E-state index in [4.69, 9.17) is 0 Å². The van der Waals surface area contributed by atoms with Gasteiger partial charge in [-0.2, -0.15) is 12.7 Å². The molecule has 0 spiro atoms. The van der Waals surface area contributed by atoms with Gasteiger partial charge in [-0.3, -0.25) is 4.79 Å². The van der Waals surface area contributed by atoms with Crippen LogP contribution >= 0.6 is 0 Å². The predicted octanol–water partition coefficient (Wildman–Crippen LogP) is 3.28. The fourth-order valence-electron chi connectivity index (χ4n) is 4.96. The van der Waals surface area contributed by atoms with Crippen molar-refractivity contribution in [2.45, 2.75) is 36.7 Å². The number of benzene rings is 3. The van der Waals surface area contributed by atoms with Gasteiger partial charge >= 0.3 is 10.0 Å². The number of para-hydroxylation sites is 1. The van der Waals surface area contributed by atoms with E-state index in [0.717, 1.165) is 42.4 Å². The number of hydrogen-bond donors (Lipinski definition) is 3. The maximum absolute atomic E-state index is 13.6. The monoisotopic (exact) mass is 489 g/mol. The number of hydrogen-bond acceptors (Lipinski definition) is 4. The van der Waals surface area contributed by atoms with Crippen molar-refractivity contribution in [1.82, 2.24) is 5.32 Å². The third-order valence-electron chi connectivity index (χ3n) is 6.95. The largest absolute Gasteiger partial charge is 0.393 e. The fourth-order valence-corrected chi connectivity index (χ4v) is 6.45. The van der Waals surface area contributed by atoms with Gasteiger partial charge in [0.25, 0.3) is 5.91 Å². The molecule has 3 atom stereocenters. The summed E-state index contributed by atoms with van der Waals surface area (Å²) in [6.07, 6.45) is 5.12. The minimum Gasteiger partial charge on any atom is -0.393 e. The van der Waals surface area contributed by atoms with Gasteiger partial charge in [-0.15, -0.1) is 0 Å². The van der Waals surface area contributed by atoms with Crippen LogP contribution in [0.1, 0.15) is 47.2 Å². The van der Waals surface area contributed by atoms with Gasteiger partial charge in [-0.25, -0.2) is 0 Å². The Bertz CT molecular complexity index is 1350. The van der Waals surface area contributed by atoms with Crippen LogP contribution in [0.15, 0.2) is 90.0 Å². The Morgan fingerprint density at radius 2 is 1.60 bits per heavy atom. The van der Waals surface area contributed by atoms with Crippen LogP contribution in [0.3, 0.4) is 0 Å². The lowest BCUT2D eigenvalue weighted by molar-refractivity contribution is -0.620. The Morgan fingerprint density at radius 1 is 0.914 bits per heavy atom. The molecule has 7 heteroatoms. The van der Waals surface area contributed by atoms with Crippen molar-refractivity contribution in [3.63, 3.8) is 0 Å². The van der Waals surface area contributed by atoms with Gasteiger partial charge in [0.2, 0.25) is 0 Å². The minimum atomic E-state index is -3.80. The number of nitrogens with one attached hydrogen (secondary N) is 2. The number of rotatable bonds is 6. The molecule has 1 heterocycles. The van der Waals surface area contributed by atoms with Crippen LogP contribution in [-0.4, -0.2) is 32.1 Å². The third kappa shape index (κ3) is 4.67. The Hall–Kier alpha value is -3.26. The molecule has 3 unspecified atom stereocenters. The zero-order valence-corrected chi connectivity index (χ0v) is 20.2. The molecule has 1 amide bonds. The Balaban J connectivity index is 1.36. The van der Waals surface area contributed by atoms with Crippen LogP contribution in [0, 0.1) is 5.92 Å². The molecule has 0 aromatic heterocycles. The molecule has 0 saturated heterocycles. The highest BCUT2D eigenvalue weighted by atomic mass is 32.2. The summed E-state index contributed by atoms with van der Waals surface area (Å²) in [5.74, 6) is -0.200. The maximum atomic E-state index is 13.6. The van der Waals surface area contributed by atoms with Crippen molar-refractivity contribution in [3.8, 4) is 0 Å². The first-order chi connectivity index (χ1) is 16.9. The SMILES string of the molecule is O=C(NCC1CCCCC1O)c1ccc(S(=O)(=O)[NH+]2C=C(c3ccccc3)c3ccccc32)cc1. The average Bonchev–Trinajstić information content (AvgIpc) is 3.29. The van der Waals surface area contributed by atoms with Gasteiger partial charge in [0.15, 0.2) is 5.69 Å². The molecule has 1 aliphatic heterocycles. The zero-order chi connectivity index (χ0) is 24.4. The molecule has 5 rings (SSSR count). The molecule has 2 aliphatic rings. The summed E-state index contributed by atoms with van der Waals surface area (Å²) < 4.78 is 27.5. The molecule has 6 nitrogen and oxygen atoms in total. The summed E-state index contributed by atoms with van der Waals surface area (Å²) in [5.41, 5.74) is 3.80. The topological polar surface area (TPSA) is 87.9 Å². The number of sulfonamides is 1. The van der Waals surface area contributed by atoms with Crippen molar-refractivity contribution >= 4 is 27.2 Å². The first kappa shape index (κ1) is 23.5. The Morgan fingerprint density at radius 3 is 2.34 bits per heavy atom. The Labute approximate surface area is 206 Å². The third-order valence-corrected chi connectivity index (χ3v) is 8.76. The molecular weight excluding hydrogens is 460 g/mol. The average molecular weight is 490 g/mol. The van der Waals surface area contributed by atoms with Crippen LogP contribution in [-0.2, 0) is 10.0 Å². The van der Waals surface area contributed by atoms with Gasteiger partial charge in [-0.1, -0.05) is 55.3 Å². The molecule has 35 heavy (non-hydrogen) atoms. The second-order valence-electron chi connectivity index (χ2n) is 9.18. The van der Waals surface area contributed by atoms with Crippen LogP contribution < -0.4 is 9.62 Å². The predicted molar refractivity (Wildman–Crippen MR) is 135 cm³/mol. The van der Waals surface area contributed by atoms with Crippen LogP contribution in [0.25, 0.3) is 5.57 Å². The smallest absolute Gasteiger partial charge is 0.334 e. The zero-order valence-electron chi connectivity index (χ0n) is 19.4.